The third-order valence-corrected chi connectivity index (χ3v) is 5.79. The zero-order valence-electron chi connectivity index (χ0n) is 14.6. The van der Waals surface area contributed by atoms with Gasteiger partial charge in [0.2, 0.25) is 5.91 Å². The van der Waals surface area contributed by atoms with Crippen molar-refractivity contribution < 1.29 is 9.18 Å². The van der Waals surface area contributed by atoms with Crippen molar-refractivity contribution in [2.45, 2.75) is 5.03 Å². The summed E-state index contributed by atoms with van der Waals surface area (Å²) in [5.41, 5.74) is 1.68. The van der Waals surface area contributed by atoms with E-state index in [1.807, 2.05) is 0 Å². The molecule has 0 fully saturated rings. The molecule has 10 heteroatoms. The summed E-state index contributed by atoms with van der Waals surface area (Å²) in [4.78, 5) is 20.8. The van der Waals surface area contributed by atoms with Gasteiger partial charge < -0.3 is 5.32 Å². The van der Waals surface area contributed by atoms with Gasteiger partial charge in [-0.2, -0.15) is 5.10 Å². The average molecular weight is 448 g/mol. The van der Waals surface area contributed by atoms with E-state index in [1.165, 1.54) is 30.2 Å². The van der Waals surface area contributed by atoms with Gasteiger partial charge in [0, 0.05) is 0 Å². The van der Waals surface area contributed by atoms with Crippen molar-refractivity contribution in [3.8, 4) is 5.69 Å². The first-order valence-electron chi connectivity index (χ1n) is 8.34. The fraction of sp³-hybridized carbons (Fsp3) is 0.0526. The van der Waals surface area contributed by atoms with Gasteiger partial charge in [-0.05, 0) is 36.4 Å². The monoisotopic (exact) mass is 447 g/mol. The number of amides is 1. The van der Waals surface area contributed by atoms with Crippen molar-refractivity contribution in [1.29, 1.82) is 0 Å². The number of fused-ring (bicyclic) bond motifs is 1. The van der Waals surface area contributed by atoms with Crippen LogP contribution in [0.5, 0.6) is 0 Å². The Kier molecular flexibility index (Phi) is 5.66. The summed E-state index contributed by atoms with van der Waals surface area (Å²) in [7, 11) is 0. The second-order valence-electron chi connectivity index (χ2n) is 5.89. The first kappa shape index (κ1) is 19.6. The fourth-order valence-corrected chi connectivity index (χ4v) is 3.74. The molecule has 0 aliphatic carbocycles. The van der Waals surface area contributed by atoms with Crippen LogP contribution in [0, 0.1) is 5.82 Å². The van der Waals surface area contributed by atoms with E-state index in [0.29, 0.717) is 32.5 Å². The Morgan fingerprint density at radius 2 is 1.93 bits per heavy atom. The molecule has 4 aromatic rings. The number of nitrogens with one attached hydrogen (secondary N) is 1. The van der Waals surface area contributed by atoms with E-state index in [0.717, 1.165) is 0 Å². The number of nitrogens with zero attached hydrogens (tertiary/aromatic N) is 4. The molecule has 0 unspecified atom stereocenters. The van der Waals surface area contributed by atoms with Gasteiger partial charge in [0.05, 0.1) is 38.8 Å². The molecule has 2 aromatic carbocycles. The first-order valence-corrected chi connectivity index (χ1v) is 10.1. The normalized spacial score (nSPS) is 11.0. The predicted octanol–water partition coefficient (Wildman–Crippen LogP) is 4.99. The van der Waals surface area contributed by atoms with Crippen LogP contribution >= 0.6 is 35.0 Å². The smallest absolute Gasteiger partial charge is 0.234 e. The highest BCUT2D eigenvalue weighted by Gasteiger charge is 2.14. The molecule has 0 aliphatic rings. The molecule has 2 heterocycles. The molecular formula is C19H12Cl2FN5OS. The lowest BCUT2D eigenvalue weighted by Crippen LogP contribution is -2.14. The molecule has 0 saturated carbocycles. The Morgan fingerprint density at radius 1 is 1.14 bits per heavy atom. The van der Waals surface area contributed by atoms with Crippen molar-refractivity contribution in [1.82, 2.24) is 19.7 Å². The number of hydrogen-bond donors (Lipinski definition) is 1. The number of aromatic nitrogens is 4. The Hall–Kier alpha value is -2.68. The van der Waals surface area contributed by atoms with Crippen LogP contribution in [0.1, 0.15) is 0 Å². The molecule has 0 saturated heterocycles. The Balaban J connectivity index is 1.52. The molecule has 146 valence electrons. The number of benzene rings is 2. The largest absolute Gasteiger partial charge is 0.324 e. The molecule has 29 heavy (non-hydrogen) atoms. The van der Waals surface area contributed by atoms with Gasteiger partial charge >= 0.3 is 0 Å². The Bertz CT molecular complexity index is 1200. The van der Waals surface area contributed by atoms with Crippen LogP contribution in [0.15, 0.2) is 60.0 Å². The number of carbonyl (C=O) groups excluding carboxylic acids is 1. The summed E-state index contributed by atoms with van der Waals surface area (Å²) >= 11 is 13.3. The average Bonchev–Trinajstić information content (AvgIpc) is 3.15. The molecule has 0 aliphatic heterocycles. The molecular weight excluding hydrogens is 436 g/mol. The van der Waals surface area contributed by atoms with Gasteiger partial charge in [-0.3, -0.25) is 4.79 Å². The summed E-state index contributed by atoms with van der Waals surface area (Å²) < 4.78 is 14.8. The summed E-state index contributed by atoms with van der Waals surface area (Å²) in [6, 6.07) is 10.9. The fourth-order valence-electron chi connectivity index (χ4n) is 2.63. The van der Waals surface area contributed by atoms with Crippen molar-refractivity contribution in [3.63, 3.8) is 0 Å². The molecule has 0 bridgehead atoms. The molecule has 0 spiro atoms. The first-order chi connectivity index (χ1) is 14.0. The van der Waals surface area contributed by atoms with Crippen molar-refractivity contribution in [3.05, 3.63) is 70.9 Å². The van der Waals surface area contributed by atoms with E-state index in [9.17, 15) is 9.18 Å². The standard InChI is InChI=1S/C19H12Cl2FN5OS/c20-14-2-1-3-15(17(14)21)26-16(28)9-29-19-13-8-25-27(18(13)23-10-24-19)12-6-4-11(22)5-7-12/h1-8,10H,9H2,(H,26,28). The van der Waals surface area contributed by atoms with E-state index in [1.54, 1.807) is 41.2 Å². The van der Waals surface area contributed by atoms with Gasteiger partial charge in [-0.25, -0.2) is 19.0 Å². The van der Waals surface area contributed by atoms with Gasteiger partial charge in [-0.1, -0.05) is 41.0 Å². The lowest BCUT2D eigenvalue weighted by atomic mass is 10.3. The summed E-state index contributed by atoms with van der Waals surface area (Å²) in [5.74, 6) is -0.477. The molecule has 6 nitrogen and oxygen atoms in total. The van der Waals surface area contributed by atoms with Crippen LogP contribution in [0.2, 0.25) is 10.0 Å². The zero-order valence-corrected chi connectivity index (χ0v) is 17.0. The number of rotatable bonds is 5. The molecule has 4 rings (SSSR count). The third kappa shape index (κ3) is 4.19. The van der Waals surface area contributed by atoms with Crippen LogP contribution < -0.4 is 5.32 Å². The van der Waals surface area contributed by atoms with Crippen molar-refractivity contribution in [2.24, 2.45) is 0 Å². The van der Waals surface area contributed by atoms with Crippen LogP contribution in [0.4, 0.5) is 10.1 Å². The van der Waals surface area contributed by atoms with E-state index in [2.05, 4.69) is 20.4 Å². The maximum atomic E-state index is 13.2. The van der Waals surface area contributed by atoms with Crippen LogP contribution in [0.3, 0.4) is 0 Å². The summed E-state index contributed by atoms with van der Waals surface area (Å²) in [6.07, 6.45) is 3.02. The van der Waals surface area contributed by atoms with E-state index >= 15 is 0 Å². The second-order valence-corrected chi connectivity index (χ2v) is 7.64. The van der Waals surface area contributed by atoms with Gasteiger partial charge in [0.1, 0.15) is 17.2 Å². The van der Waals surface area contributed by atoms with E-state index < -0.39 is 0 Å². The highest BCUT2D eigenvalue weighted by molar-refractivity contribution is 8.00. The quantitative estimate of drug-likeness (QED) is 0.344. The second kappa shape index (κ2) is 8.36. The Morgan fingerprint density at radius 3 is 2.72 bits per heavy atom. The molecule has 2 aromatic heterocycles. The van der Waals surface area contributed by atoms with Crippen LogP contribution in [0.25, 0.3) is 16.7 Å². The predicted molar refractivity (Wildman–Crippen MR) is 112 cm³/mol. The third-order valence-electron chi connectivity index (χ3n) is 3.97. The SMILES string of the molecule is O=C(CSc1ncnc2c1cnn2-c1ccc(F)cc1)Nc1cccc(Cl)c1Cl. The molecule has 0 atom stereocenters. The molecule has 1 N–H and O–H groups in total. The molecule has 0 radical (unpaired) electrons. The number of hydrogen-bond acceptors (Lipinski definition) is 5. The summed E-state index contributed by atoms with van der Waals surface area (Å²) in [6.45, 7) is 0. The highest BCUT2D eigenvalue weighted by atomic mass is 35.5. The van der Waals surface area contributed by atoms with Gasteiger partial charge in [-0.15, -0.1) is 0 Å². The van der Waals surface area contributed by atoms with E-state index in [4.69, 9.17) is 23.2 Å². The maximum Gasteiger partial charge on any atom is 0.234 e. The summed E-state index contributed by atoms with van der Waals surface area (Å²) in [5, 5.41) is 9.00. The zero-order chi connectivity index (χ0) is 20.4. The topological polar surface area (TPSA) is 72.7 Å². The number of anilines is 1. The minimum absolute atomic E-state index is 0.108. The van der Waals surface area contributed by atoms with Crippen LogP contribution in [-0.4, -0.2) is 31.4 Å². The van der Waals surface area contributed by atoms with Crippen LogP contribution in [-0.2, 0) is 4.79 Å². The Labute approximate surface area is 179 Å². The minimum Gasteiger partial charge on any atom is -0.324 e. The number of carbonyl (C=O) groups is 1. The highest BCUT2D eigenvalue weighted by Crippen LogP contribution is 2.30. The van der Waals surface area contributed by atoms with E-state index in [-0.39, 0.29) is 22.5 Å². The lowest BCUT2D eigenvalue weighted by molar-refractivity contribution is -0.113. The van der Waals surface area contributed by atoms with Gasteiger partial charge in [0.25, 0.3) is 0 Å². The number of halogens is 3. The maximum absolute atomic E-state index is 13.2. The molecule has 1 amide bonds. The van der Waals surface area contributed by atoms with Crippen molar-refractivity contribution >= 4 is 57.6 Å². The lowest BCUT2D eigenvalue weighted by Gasteiger charge is -2.08. The van der Waals surface area contributed by atoms with Crippen molar-refractivity contribution in [2.75, 3.05) is 11.1 Å². The minimum atomic E-state index is -0.332. The van der Waals surface area contributed by atoms with Gasteiger partial charge in [0.15, 0.2) is 5.65 Å². The number of thioether (sulfide) groups is 1.